The molecular formula is C21H20N2OS. The maximum absolute atomic E-state index is 12.7. The topological polar surface area (TPSA) is 33.2 Å². The van der Waals surface area contributed by atoms with E-state index in [9.17, 15) is 4.79 Å². The van der Waals surface area contributed by atoms with Gasteiger partial charge in [0, 0.05) is 23.2 Å². The minimum atomic E-state index is 0.167. The second-order valence-corrected chi connectivity index (χ2v) is 7.62. The van der Waals surface area contributed by atoms with Gasteiger partial charge in [0.25, 0.3) is 0 Å². The van der Waals surface area contributed by atoms with E-state index >= 15 is 0 Å². The fourth-order valence-electron chi connectivity index (χ4n) is 3.29. The number of hydrogen-bond donors (Lipinski definition) is 0. The Morgan fingerprint density at radius 2 is 1.96 bits per heavy atom. The number of rotatable bonds is 3. The molecule has 2 heterocycles. The molecule has 0 N–H and O–H groups in total. The molecule has 126 valence electrons. The van der Waals surface area contributed by atoms with Gasteiger partial charge in [0.05, 0.1) is 17.1 Å². The van der Waals surface area contributed by atoms with E-state index in [4.69, 9.17) is 0 Å². The zero-order valence-electron chi connectivity index (χ0n) is 14.5. The number of amides is 1. The number of benzene rings is 2. The van der Waals surface area contributed by atoms with Crippen LogP contribution in [0.15, 0.2) is 47.8 Å². The smallest absolute Gasteiger partial charge is 0.231 e. The second-order valence-electron chi connectivity index (χ2n) is 6.55. The predicted octanol–water partition coefficient (Wildman–Crippen LogP) is 4.56. The summed E-state index contributed by atoms with van der Waals surface area (Å²) in [4.78, 5) is 19.2. The van der Waals surface area contributed by atoms with Crippen molar-refractivity contribution in [2.75, 3.05) is 11.4 Å². The summed E-state index contributed by atoms with van der Waals surface area (Å²) in [6, 6.07) is 14.5. The molecule has 0 bridgehead atoms. The summed E-state index contributed by atoms with van der Waals surface area (Å²) in [6.07, 6.45) is 1.36. The van der Waals surface area contributed by atoms with Crippen LogP contribution < -0.4 is 4.90 Å². The molecule has 4 heteroatoms. The van der Waals surface area contributed by atoms with Gasteiger partial charge in [-0.25, -0.2) is 4.98 Å². The molecule has 1 amide bonds. The zero-order valence-corrected chi connectivity index (χ0v) is 15.3. The molecule has 3 aromatic rings. The van der Waals surface area contributed by atoms with Gasteiger partial charge < -0.3 is 4.90 Å². The van der Waals surface area contributed by atoms with Crippen LogP contribution in [0, 0.1) is 13.8 Å². The molecule has 1 aliphatic heterocycles. The van der Waals surface area contributed by atoms with Gasteiger partial charge >= 0.3 is 0 Å². The summed E-state index contributed by atoms with van der Waals surface area (Å²) < 4.78 is 0. The maximum atomic E-state index is 12.7. The molecule has 0 fully saturated rings. The van der Waals surface area contributed by atoms with Crippen molar-refractivity contribution in [1.29, 1.82) is 0 Å². The van der Waals surface area contributed by atoms with Crippen LogP contribution in [0.5, 0.6) is 0 Å². The van der Waals surface area contributed by atoms with E-state index in [2.05, 4.69) is 47.6 Å². The van der Waals surface area contributed by atoms with Gasteiger partial charge in [0.15, 0.2) is 0 Å². The lowest BCUT2D eigenvalue weighted by Crippen LogP contribution is -2.30. The van der Waals surface area contributed by atoms with Crippen LogP contribution in [0.2, 0.25) is 0 Å². The molecule has 0 aliphatic carbocycles. The molecule has 0 unspecified atom stereocenters. The fraction of sp³-hybridized carbons (Fsp3) is 0.238. The summed E-state index contributed by atoms with van der Waals surface area (Å²) in [6.45, 7) is 4.84. The Morgan fingerprint density at radius 3 is 2.68 bits per heavy atom. The SMILES string of the molecule is Cc1ccc(CC(=O)N2CCc3cc(-c4csc(C)n4)ccc32)cc1. The number of carbonyl (C=O) groups excluding carboxylic acids is 1. The largest absolute Gasteiger partial charge is 0.312 e. The van der Waals surface area contributed by atoms with E-state index in [1.54, 1.807) is 11.3 Å². The molecule has 1 aliphatic rings. The van der Waals surface area contributed by atoms with Crippen molar-refractivity contribution in [1.82, 2.24) is 4.98 Å². The highest BCUT2D eigenvalue weighted by molar-refractivity contribution is 7.09. The monoisotopic (exact) mass is 348 g/mol. The molecule has 1 aromatic heterocycles. The Hall–Kier alpha value is -2.46. The van der Waals surface area contributed by atoms with Crippen molar-refractivity contribution in [2.24, 2.45) is 0 Å². The van der Waals surface area contributed by atoms with E-state index in [1.807, 2.05) is 24.0 Å². The summed E-state index contributed by atoms with van der Waals surface area (Å²) in [5.41, 5.74) is 6.73. The molecule has 4 rings (SSSR count). The van der Waals surface area contributed by atoms with Gasteiger partial charge in [0.1, 0.15) is 0 Å². The fourth-order valence-corrected chi connectivity index (χ4v) is 3.91. The number of carbonyl (C=O) groups is 1. The van der Waals surface area contributed by atoms with Crippen molar-refractivity contribution in [3.8, 4) is 11.3 Å². The Bertz CT molecular complexity index is 927. The Kier molecular flexibility index (Phi) is 4.14. The van der Waals surface area contributed by atoms with Crippen molar-refractivity contribution in [3.05, 3.63) is 69.5 Å². The lowest BCUT2D eigenvalue weighted by Gasteiger charge is -2.17. The summed E-state index contributed by atoms with van der Waals surface area (Å²) in [7, 11) is 0. The maximum Gasteiger partial charge on any atom is 0.231 e. The predicted molar refractivity (Wildman–Crippen MR) is 103 cm³/mol. The van der Waals surface area contributed by atoms with Crippen molar-refractivity contribution >= 4 is 22.9 Å². The number of fused-ring (bicyclic) bond motifs is 1. The number of aromatic nitrogens is 1. The van der Waals surface area contributed by atoms with Crippen LogP contribution in [0.25, 0.3) is 11.3 Å². The quantitative estimate of drug-likeness (QED) is 0.695. The Labute approximate surface area is 152 Å². The summed E-state index contributed by atoms with van der Waals surface area (Å²) in [5, 5.41) is 3.16. The van der Waals surface area contributed by atoms with Crippen LogP contribution in [0.1, 0.15) is 21.7 Å². The van der Waals surface area contributed by atoms with Gasteiger partial charge in [-0.05, 0) is 43.5 Å². The van der Waals surface area contributed by atoms with E-state index in [1.165, 1.54) is 11.1 Å². The van der Waals surface area contributed by atoms with E-state index in [0.29, 0.717) is 6.42 Å². The van der Waals surface area contributed by atoms with Crippen LogP contribution >= 0.6 is 11.3 Å². The first kappa shape index (κ1) is 16.0. The van der Waals surface area contributed by atoms with Crippen LogP contribution in [-0.4, -0.2) is 17.4 Å². The normalized spacial score (nSPS) is 13.1. The minimum Gasteiger partial charge on any atom is -0.312 e. The molecule has 0 atom stereocenters. The van der Waals surface area contributed by atoms with Gasteiger partial charge in [-0.2, -0.15) is 0 Å². The first-order valence-corrected chi connectivity index (χ1v) is 9.39. The Balaban J connectivity index is 1.55. The highest BCUT2D eigenvalue weighted by Gasteiger charge is 2.25. The second kappa shape index (κ2) is 6.45. The summed E-state index contributed by atoms with van der Waals surface area (Å²) in [5.74, 6) is 0.167. The van der Waals surface area contributed by atoms with Crippen molar-refractivity contribution in [2.45, 2.75) is 26.7 Å². The number of aryl methyl sites for hydroxylation is 2. The lowest BCUT2D eigenvalue weighted by molar-refractivity contribution is -0.117. The molecule has 0 saturated carbocycles. The van der Waals surface area contributed by atoms with Crippen molar-refractivity contribution < 1.29 is 4.79 Å². The van der Waals surface area contributed by atoms with Gasteiger partial charge in [0.2, 0.25) is 5.91 Å². The van der Waals surface area contributed by atoms with E-state index in [0.717, 1.165) is 40.5 Å². The average molecular weight is 348 g/mol. The molecule has 0 spiro atoms. The van der Waals surface area contributed by atoms with Gasteiger partial charge in [-0.1, -0.05) is 35.9 Å². The highest BCUT2D eigenvalue weighted by Crippen LogP contribution is 2.33. The van der Waals surface area contributed by atoms with Crippen LogP contribution in [0.3, 0.4) is 0 Å². The van der Waals surface area contributed by atoms with E-state index in [-0.39, 0.29) is 5.91 Å². The third-order valence-corrected chi connectivity index (χ3v) is 5.44. The number of anilines is 1. The molecule has 0 radical (unpaired) electrons. The molecule has 25 heavy (non-hydrogen) atoms. The molecular weight excluding hydrogens is 328 g/mol. The molecule has 3 nitrogen and oxygen atoms in total. The lowest BCUT2D eigenvalue weighted by atomic mass is 10.1. The standard InChI is InChI=1S/C21H20N2OS/c1-14-3-5-16(6-4-14)11-21(24)23-10-9-18-12-17(7-8-20(18)23)19-13-25-15(2)22-19/h3-8,12-13H,9-11H2,1-2H3. The van der Waals surface area contributed by atoms with Crippen LogP contribution in [0.4, 0.5) is 5.69 Å². The van der Waals surface area contributed by atoms with Gasteiger partial charge in [-0.3, -0.25) is 4.79 Å². The third kappa shape index (κ3) is 3.22. The zero-order chi connectivity index (χ0) is 17.4. The average Bonchev–Trinajstić information content (AvgIpc) is 3.22. The number of nitrogens with zero attached hydrogens (tertiary/aromatic N) is 2. The van der Waals surface area contributed by atoms with Crippen LogP contribution in [-0.2, 0) is 17.6 Å². The van der Waals surface area contributed by atoms with Gasteiger partial charge in [-0.15, -0.1) is 11.3 Å². The van der Waals surface area contributed by atoms with Crippen molar-refractivity contribution in [3.63, 3.8) is 0 Å². The highest BCUT2D eigenvalue weighted by atomic mass is 32.1. The summed E-state index contributed by atoms with van der Waals surface area (Å²) >= 11 is 1.66. The third-order valence-electron chi connectivity index (χ3n) is 4.67. The molecule has 2 aromatic carbocycles. The van der Waals surface area contributed by atoms with E-state index < -0.39 is 0 Å². The minimum absolute atomic E-state index is 0.167. The molecule has 0 saturated heterocycles. The first-order valence-electron chi connectivity index (χ1n) is 8.51. The Morgan fingerprint density at radius 1 is 1.16 bits per heavy atom. The number of hydrogen-bond acceptors (Lipinski definition) is 3. The first-order chi connectivity index (χ1) is 12.1. The number of thiazole rings is 1.